The van der Waals surface area contributed by atoms with Crippen molar-refractivity contribution in [3.8, 4) is 0 Å². The summed E-state index contributed by atoms with van der Waals surface area (Å²) in [6.07, 6.45) is 0.0767. The number of β-lactam (4-membered cyclic amide) rings is 1. The smallest absolute Gasteiger partial charge is 0.404 e. The van der Waals surface area contributed by atoms with Crippen molar-refractivity contribution < 1.29 is 32.3 Å². The lowest BCUT2D eigenvalue weighted by atomic mass is 10.00. The maximum atomic E-state index is 13.3. The number of guanidine groups is 1. The number of rotatable bonds is 6. The van der Waals surface area contributed by atoms with Gasteiger partial charge in [-0.1, -0.05) is 0 Å². The molecule has 14 heteroatoms. The van der Waals surface area contributed by atoms with Crippen LogP contribution in [-0.2, 0) is 35.4 Å². The number of carbonyl (C=O) groups excluding carboxylic acids is 3. The van der Waals surface area contributed by atoms with Crippen molar-refractivity contribution >= 4 is 39.8 Å². The Hall–Kier alpha value is -3.68. The predicted molar refractivity (Wildman–Crippen MR) is 111 cm³/mol. The average molecular weight is 466 g/mol. The van der Waals surface area contributed by atoms with E-state index in [9.17, 15) is 22.8 Å². The molecule has 2 fully saturated rings. The van der Waals surface area contributed by atoms with Crippen molar-refractivity contribution in [2.24, 2.45) is 22.2 Å². The largest absolute Gasteiger partial charge is 0.448 e. The third-order valence-electron chi connectivity index (χ3n) is 5.09. The Kier molecular flexibility index (Phi) is 5.82. The van der Waals surface area contributed by atoms with Crippen molar-refractivity contribution in [2.75, 3.05) is 6.61 Å². The van der Waals surface area contributed by atoms with Crippen LogP contribution in [0, 0.1) is 0 Å². The van der Waals surface area contributed by atoms with Gasteiger partial charge in [-0.25, -0.2) is 18.2 Å². The molecule has 2 saturated heterocycles. The number of hydrogen-bond donors (Lipinski definition) is 3. The summed E-state index contributed by atoms with van der Waals surface area (Å²) in [7, 11) is -4.21. The molecule has 1 aromatic heterocycles. The number of carbonyl (C=O) groups is 3. The highest BCUT2D eigenvalue weighted by Crippen LogP contribution is 2.49. The SMILES string of the molecule is CC(=O)O[C@@H]1N2C(=O)/C(=C/c3cc(CN=C(N)N)ccn3)[C@H]2S(=O)(=O)[C@@]1(C)COC(N)=O. The Labute approximate surface area is 183 Å². The molecule has 0 aliphatic carbocycles. The molecule has 0 radical (unpaired) electrons. The van der Waals surface area contributed by atoms with E-state index in [1.807, 2.05) is 0 Å². The Morgan fingerprint density at radius 1 is 1.34 bits per heavy atom. The van der Waals surface area contributed by atoms with Crippen LogP contribution in [0.4, 0.5) is 4.79 Å². The fourth-order valence-electron chi connectivity index (χ4n) is 3.53. The molecule has 172 valence electrons. The molecule has 32 heavy (non-hydrogen) atoms. The highest BCUT2D eigenvalue weighted by Gasteiger charge is 2.72. The number of ether oxygens (including phenoxy) is 2. The van der Waals surface area contributed by atoms with Crippen LogP contribution in [0.3, 0.4) is 0 Å². The first kappa shape index (κ1) is 23.0. The summed E-state index contributed by atoms with van der Waals surface area (Å²) < 4.78 is 34.6. The van der Waals surface area contributed by atoms with Gasteiger partial charge in [-0.05, 0) is 30.7 Å². The average Bonchev–Trinajstić information content (AvgIpc) is 2.85. The van der Waals surface area contributed by atoms with Gasteiger partial charge in [0.1, 0.15) is 6.61 Å². The number of hydrogen-bond acceptors (Lipinski definition) is 9. The van der Waals surface area contributed by atoms with Gasteiger partial charge >= 0.3 is 12.1 Å². The van der Waals surface area contributed by atoms with Crippen molar-refractivity contribution in [1.82, 2.24) is 9.88 Å². The van der Waals surface area contributed by atoms with E-state index in [1.165, 1.54) is 19.2 Å². The van der Waals surface area contributed by atoms with Crippen LogP contribution in [0.5, 0.6) is 0 Å². The Bertz CT molecular complexity index is 1140. The quantitative estimate of drug-likeness (QED) is 0.146. The number of nitrogens with zero attached hydrogens (tertiary/aromatic N) is 3. The molecule has 0 spiro atoms. The standard InChI is InChI=1S/C18H22N6O7S/c1-9(25)31-15-18(2,8-30-17(21)27)32(28,29)14-12(13(26)24(14)15)6-11-5-10(3-4-22-11)7-23-16(19)20/h3-6,14-15H,7-8H2,1-2H3,(H2,21,27)(H4,19,20,23)/b12-6-/t14-,15+,18+/m1/s1. The number of esters is 1. The zero-order valence-electron chi connectivity index (χ0n) is 17.2. The monoisotopic (exact) mass is 466 g/mol. The molecule has 0 bridgehead atoms. The van der Waals surface area contributed by atoms with Gasteiger partial charge in [0.25, 0.3) is 5.91 Å². The molecule has 0 aromatic carbocycles. The Morgan fingerprint density at radius 2 is 2.03 bits per heavy atom. The maximum Gasteiger partial charge on any atom is 0.404 e. The third kappa shape index (κ3) is 3.84. The van der Waals surface area contributed by atoms with E-state index in [2.05, 4.69) is 9.98 Å². The number of sulfone groups is 1. The molecule has 6 N–H and O–H groups in total. The number of aromatic nitrogens is 1. The summed E-state index contributed by atoms with van der Waals surface area (Å²) in [5, 5.41) is -1.41. The molecule has 3 heterocycles. The first-order valence-corrected chi connectivity index (χ1v) is 10.8. The van der Waals surface area contributed by atoms with Gasteiger partial charge in [-0.15, -0.1) is 0 Å². The number of primary amides is 1. The summed E-state index contributed by atoms with van der Waals surface area (Å²) in [5.74, 6) is -1.57. The Balaban J connectivity index is 2.00. The molecular formula is C18H22N6O7S. The third-order valence-corrected chi connectivity index (χ3v) is 7.78. The van der Waals surface area contributed by atoms with Crippen LogP contribution in [0.25, 0.3) is 6.08 Å². The molecule has 0 unspecified atom stereocenters. The second-order valence-electron chi connectivity index (χ2n) is 7.42. The lowest BCUT2D eigenvalue weighted by molar-refractivity contribution is -0.168. The van der Waals surface area contributed by atoms with E-state index < -0.39 is 50.8 Å². The van der Waals surface area contributed by atoms with E-state index in [0.717, 1.165) is 11.8 Å². The van der Waals surface area contributed by atoms with E-state index in [1.54, 1.807) is 12.1 Å². The van der Waals surface area contributed by atoms with E-state index >= 15 is 0 Å². The first-order chi connectivity index (χ1) is 14.9. The first-order valence-electron chi connectivity index (χ1n) is 9.26. The van der Waals surface area contributed by atoms with Crippen molar-refractivity contribution in [3.63, 3.8) is 0 Å². The predicted octanol–water partition coefficient (Wildman–Crippen LogP) is -1.42. The van der Waals surface area contributed by atoms with Crippen LogP contribution in [0.15, 0.2) is 28.9 Å². The number of pyridine rings is 1. The molecule has 13 nitrogen and oxygen atoms in total. The fraction of sp³-hybridized carbons (Fsp3) is 0.389. The van der Waals surface area contributed by atoms with Gasteiger partial charge in [-0.3, -0.25) is 19.5 Å². The lowest BCUT2D eigenvalue weighted by Gasteiger charge is -2.38. The number of aliphatic imine (C=N–C) groups is 1. The summed E-state index contributed by atoms with van der Waals surface area (Å²) >= 11 is 0. The second kappa shape index (κ2) is 8.11. The maximum absolute atomic E-state index is 13.3. The number of amides is 2. The molecule has 3 atom stereocenters. The minimum Gasteiger partial charge on any atom is -0.448 e. The topological polar surface area (TPSA) is 210 Å². The van der Waals surface area contributed by atoms with Crippen molar-refractivity contribution in [2.45, 2.75) is 36.7 Å². The van der Waals surface area contributed by atoms with E-state index in [0.29, 0.717) is 11.3 Å². The van der Waals surface area contributed by atoms with Crippen LogP contribution in [-0.4, -0.2) is 65.2 Å². The van der Waals surface area contributed by atoms with Gasteiger partial charge in [0, 0.05) is 13.1 Å². The number of nitrogens with two attached hydrogens (primary N) is 3. The summed E-state index contributed by atoms with van der Waals surface area (Å²) in [5.41, 5.74) is 16.5. The second-order valence-corrected chi connectivity index (χ2v) is 9.89. The minimum atomic E-state index is -4.21. The summed E-state index contributed by atoms with van der Waals surface area (Å²) in [4.78, 5) is 44.5. The van der Waals surface area contributed by atoms with Crippen molar-refractivity contribution in [1.29, 1.82) is 0 Å². The van der Waals surface area contributed by atoms with Crippen LogP contribution in [0.1, 0.15) is 25.1 Å². The molecule has 3 rings (SSSR count). The number of fused-ring (bicyclic) bond motifs is 1. The summed E-state index contributed by atoms with van der Waals surface area (Å²) in [6, 6.07) is 3.25. The zero-order valence-corrected chi connectivity index (χ0v) is 18.0. The highest BCUT2D eigenvalue weighted by atomic mass is 32.2. The molecule has 1 aromatic rings. The molecule has 0 saturated carbocycles. The Morgan fingerprint density at radius 3 is 2.62 bits per heavy atom. The molecule has 2 aliphatic heterocycles. The minimum absolute atomic E-state index is 0.0727. The van der Waals surface area contributed by atoms with Gasteiger partial charge < -0.3 is 26.7 Å². The van der Waals surface area contributed by atoms with Crippen molar-refractivity contribution in [3.05, 3.63) is 35.2 Å². The van der Waals surface area contributed by atoms with Crippen LogP contribution >= 0.6 is 0 Å². The fourth-order valence-corrected chi connectivity index (χ4v) is 5.72. The van der Waals surface area contributed by atoms with Crippen LogP contribution in [0.2, 0.25) is 0 Å². The van der Waals surface area contributed by atoms with Gasteiger partial charge in [0.05, 0.1) is 17.8 Å². The summed E-state index contributed by atoms with van der Waals surface area (Å²) in [6.45, 7) is 1.75. The zero-order chi connectivity index (χ0) is 23.8. The normalized spacial score (nSPS) is 26.8. The van der Waals surface area contributed by atoms with Crippen LogP contribution < -0.4 is 17.2 Å². The molecule has 2 amide bonds. The molecule has 2 aliphatic rings. The molecular weight excluding hydrogens is 444 g/mol. The van der Waals surface area contributed by atoms with Gasteiger partial charge in [-0.2, -0.15) is 0 Å². The van der Waals surface area contributed by atoms with E-state index in [-0.39, 0.29) is 18.1 Å². The van der Waals surface area contributed by atoms with E-state index in [4.69, 9.17) is 26.7 Å². The highest BCUT2D eigenvalue weighted by molar-refractivity contribution is 7.94. The van der Waals surface area contributed by atoms with Gasteiger partial charge in [0.15, 0.2) is 25.9 Å². The van der Waals surface area contributed by atoms with Gasteiger partial charge in [0.2, 0.25) is 6.23 Å². The lowest BCUT2D eigenvalue weighted by Crippen LogP contribution is -2.58.